The van der Waals surface area contributed by atoms with Gasteiger partial charge in [-0.3, -0.25) is 0 Å². The first-order valence-corrected chi connectivity index (χ1v) is 3.59. The summed E-state index contributed by atoms with van der Waals surface area (Å²) in [6.07, 6.45) is 2.92. The monoisotopic (exact) mass is 174 g/mol. The molecule has 0 radical (unpaired) electrons. The van der Waals surface area contributed by atoms with Gasteiger partial charge in [0.15, 0.2) is 5.82 Å². The average molecular weight is 174 g/mol. The van der Waals surface area contributed by atoms with Crippen molar-refractivity contribution in [1.82, 2.24) is 25.1 Å². The third-order valence-corrected chi connectivity index (χ3v) is 1.39. The number of nitrogens with zero attached hydrogens (tertiary/aromatic N) is 5. The molecule has 0 atom stereocenters. The molecule has 6 heteroatoms. The molecule has 0 bridgehead atoms. The number of hydrogen-bond acceptors (Lipinski definition) is 6. The highest BCUT2D eigenvalue weighted by Crippen LogP contribution is 2.08. The zero-order valence-corrected chi connectivity index (χ0v) is 6.62. The van der Waals surface area contributed by atoms with Crippen molar-refractivity contribution >= 4 is 5.95 Å². The van der Waals surface area contributed by atoms with Crippen molar-refractivity contribution in [3.8, 4) is 11.5 Å². The summed E-state index contributed by atoms with van der Waals surface area (Å²) in [7, 11) is 0. The van der Waals surface area contributed by atoms with Crippen molar-refractivity contribution in [2.75, 3.05) is 5.73 Å². The molecule has 2 rings (SSSR count). The van der Waals surface area contributed by atoms with E-state index in [4.69, 9.17) is 5.73 Å². The molecule has 64 valence electrons. The summed E-state index contributed by atoms with van der Waals surface area (Å²) in [6.45, 7) is 0. The SMILES string of the molecule is Nc1ncnc(-c2cccnn2)n1. The fourth-order valence-electron chi connectivity index (χ4n) is 0.853. The van der Waals surface area contributed by atoms with Crippen molar-refractivity contribution in [1.29, 1.82) is 0 Å². The molecule has 0 aliphatic carbocycles. The number of hydrogen-bond donors (Lipinski definition) is 1. The summed E-state index contributed by atoms with van der Waals surface area (Å²) in [4.78, 5) is 11.5. The highest BCUT2D eigenvalue weighted by Gasteiger charge is 2.01. The Morgan fingerprint density at radius 1 is 1.23 bits per heavy atom. The second-order valence-corrected chi connectivity index (χ2v) is 2.28. The van der Waals surface area contributed by atoms with Crippen LogP contribution in [-0.4, -0.2) is 25.1 Å². The fourth-order valence-corrected chi connectivity index (χ4v) is 0.853. The highest BCUT2D eigenvalue weighted by molar-refractivity contribution is 5.48. The van der Waals surface area contributed by atoms with Gasteiger partial charge in [-0.25, -0.2) is 9.97 Å². The number of nitrogens with two attached hydrogens (primary N) is 1. The average Bonchev–Trinajstić information content (AvgIpc) is 2.19. The Hall–Kier alpha value is -2.11. The lowest BCUT2D eigenvalue weighted by atomic mass is 10.4. The highest BCUT2D eigenvalue weighted by atomic mass is 15.1. The van der Waals surface area contributed by atoms with Crippen LogP contribution >= 0.6 is 0 Å². The van der Waals surface area contributed by atoms with E-state index in [-0.39, 0.29) is 5.95 Å². The number of nitrogen functional groups attached to an aromatic ring is 1. The normalized spacial score (nSPS) is 9.85. The van der Waals surface area contributed by atoms with Gasteiger partial charge >= 0.3 is 0 Å². The van der Waals surface area contributed by atoms with Crippen LogP contribution in [0.3, 0.4) is 0 Å². The Bertz CT molecular complexity index is 401. The second-order valence-electron chi connectivity index (χ2n) is 2.28. The molecule has 2 N–H and O–H groups in total. The quantitative estimate of drug-likeness (QED) is 0.649. The molecule has 0 aliphatic heterocycles. The van der Waals surface area contributed by atoms with Gasteiger partial charge in [0.1, 0.15) is 12.0 Å². The first kappa shape index (κ1) is 7.53. The summed E-state index contributed by atoms with van der Waals surface area (Å²) in [5, 5.41) is 7.53. The number of anilines is 1. The van der Waals surface area contributed by atoms with Crippen LogP contribution in [0.15, 0.2) is 24.7 Å². The molecule has 0 fully saturated rings. The zero-order valence-electron chi connectivity index (χ0n) is 6.62. The van der Waals surface area contributed by atoms with Crippen molar-refractivity contribution < 1.29 is 0 Å². The van der Waals surface area contributed by atoms with Crippen LogP contribution in [-0.2, 0) is 0 Å². The van der Waals surface area contributed by atoms with Gasteiger partial charge in [0.05, 0.1) is 0 Å². The summed E-state index contributed by atoms with van der Waals surface area (Å²) in [5.41, 5.74) is 5.97. The lowest BCUT2D eigenvalue weighted by Gasteiger charge is -1.96. The molecule has 2 aromatic heterocycles. The molecule has 6 nitrogen and oxygen atoms in total. The van der Waals surface area contributed by atoms with Crippen molar-refractivity contribution in [3.05, 3.63) is 24.7 Å². The molecular weight excluding hydrogens is 168 g/mol. The first-order valence-electron chi connectivity index (χ1n) is 3.59. The molecule has 13 heavy (non-hydrogen) atoms. The van der Waals surface area contributed by atoms with Gasteiger partial charge in [-0.2, -0.15) is 10.1 Å². The van der Waals surface area contributed by atoms with E-state index < -0.39 is 0 Å². The summed E-state index contributed by atoms with van der Waals surface area (Å²) in [5.74, 6) is 0.608. The largest absolute Gasteiger partial charge is 0.368 e. The van der Waals surface area contributed by atoms with E-state index in [9.17, 15) is 0 Å². The zero-order chi connectivity index (χ0) is 9.10. The minimum atomic E-state index is 0.177. The second kappa shape index (κ2) is 3.10. The van der Waals surface area contributed by atoms with Crippen molar-refractivity contribution in [2.24, 2.45) is 0 Å². The molecule has 0 amide bonds. The van der Waals surface area contributed by atoms with E-state index in [1.165, 1.54) is 6.33 Å². The van der Waals surface area contributed by atoms with Gasteiger partial charge in [-0.05, 0) is 12.1 Å². The maximum absolute atomic E-state index is 5.39. The molecule has 0 saturated carbocycles. The van der Waals surface area contributed by atoms with Gasteiger partial charge in [-0.15, -0.1) is 5.10 Å². The molecule has 0 aromatic carbocycles. The number of rotatable bonds is 1. The Morgan fingerprint density at radius 3 is 2.85 bits per heavy atom. The molecule has 2 aromatic rings. The lowest BCUT2D eigenvalue weighted by Crippen LogP contribution is -1.99. The molecule has 0 aliphatic rings. The van der Waals surface area contributed by atoms with Gasteiger partial charge in [0.25, 0.3) is 0 Å². The van der Waals surface area contributed by atoms with E-state index in [0.717, 1.165) is 0 Å². The smallest absolute Gasteiger partial charge is 0.223 e. The van der Waals surface area contributed by atoms with Crippen LogP contribution < -0.4 is 5.73 Å². The van der Waals surface area contributed by atoms with Crippen LogP contribution in [0.1, 0.15) is 0 Å². The van der Waals surface area contributed by atoms with Crippen LogP contribution in [0, 0.1) is 0 Å². The molecule has 0 spiro atoms. The number of aromatic nitrogens is 5. The molecular formula is C7H6N6. The van der Waals surface area contributed by atoms with Crippen molar-refractivity contribution in [3.63, 3.8) is 0 Å². The fraction of sp³-hybridized carbons (Fsp3) is 0. The van der Waals surface area contributed by atoms with Gasteiger partial charge < -0.3 is 5.73 Å². The minimum Gasteiger partial charge on any atom is -0.368 e. The molecule has 0 saturated heterocycles. The maximum atomic E-state index is 5.39. The molecule has 2 heterocycles. The Balaban J connectivity index is 2.48. The van der Waals surface area contributed by atoms with Gasteiger partial charge in [0, 0.05) is 6.20 Å². The minimum absolute atomic E-state index is 0.177. The van der Waals surface area contributed by atoms with E-state index in [1.54, 1.807) is 18.3 Å². The van der Waals surface area contributed by atoms with E-state index in [1.807, 2.05) is 0 Å². The van der Waals surface area contributed by atoms with E-state index in [0.29, 0.717) is 11.5 Å². The third-order valence-electron chi connectivity index (χ3n) is 1.39. The van der Waals surface area contributed by atoms with Crippen LogP contribution in [0.4, 0.5) is 5.95 Å². The standard InChI is InChI=1S/C7H6N6/c8-7-10-4-9-6(12-7)5-2-1-3-11-13-5/h1-4H,(H2,8,9,10,12). The predicted molar refractivity (Wildman–Crippen MR) is 45.3 cm³/mol. The summed E-state index contributed by atoms with van der Waals surface area (Å²) >= 11 is 0. The Morgan fingerprint density at radius 2 is 2.15 bits per heavy atom. The van der Waals surface area contributed by atoms with Crippen LogP contribution in [0.5, 0.6) is 0 Å². The predicted octanol–water partition coefficient (Wildman–Crippen LogP) is -0.0892. The van der Waals surface area contributed by atoms with E-state index in [2.05, 4.69) is 25.1 Å². The summed E-state index contributed by atoms with van der Waals surface area (Å²) in [6, 6.07) is 3.50. The lowest BCUT2D eigenvalue weighted by molar-refractivity contribution is 0.993. The van der Waals surface area contributed by atoms with E-state index >= 15 is 0 Å². The molecule has 0 unspecified atom stereocenters. The maximum Gasteiger partial charge on any atom is 0.223 e. The van der Waals surface area contributed by atoms with Gasteiger partial charge in [0.2, 0.25) is 5.95 Å². The first-order chi connectivity index (χ1) is 6.36. The topological polar surface area (TPSA) is 90.5 Å². The van der Waals surface area contributed by atoms with Gasteiger partial charge in [-0.1, -0.05) is 0 Å². The van der Waals surface area contributed by atoms with Crippen LogP contribution in [0.25, 0.3) is 11.5 Å². The van der Waals surface area contributed by atoms with Crippen LogP contribution in [0.2, 0.25) is 0 Å². The Kier molecular flexibility index (Phi) is 1.79. The van der Waals surface area contributed by atoms with Crippen molar-refractivity contribution in [2.45, 2.75) is 0 Å². The Labute approximate surface area is 73.9 Å². The third kappa shape index (κ3) is 1.56. The summed E-state index contributed by atoms with van der Waals surface area (Å²) < 4.78 is 0.